The largest absolute Gasteiger partial charge is 0.469 e. The number of methoxy groups -OCH3 is 2. The summed E-state index contributed by atoms with van der Waals surface area (Å²) in [7, 11) is 2.65. The normalized spacial score (nSPS) is 38.9. The molecule has 0 aliphatic heterocycles. The zero-order valence-corrected chi connectivity index (χ0v) is 10.8. The van der Waals surface area contributed by atoms with Crippen LogP contribution in [0.3, 0.4) is 0 Å². The molecule has 0 amide bonds. The second kappa shape index (κ2) is 5.26. The standard InChI is InChI=1S/C13H20O5/c1-17-12(15)9-6-10(14)7-4-3-5-8(7)11(9)13(16)18-2/h7-11,14H,3-6H2,1-2H3/t7-,8+,9+,10-,11-/m0/s1. The molecule has 0 saturated heterocycles. The van der Waals surface area contributed by atoms with Crippen LogP contribution in [0, 0.1) is 23.7 Å². The number of aliphatic hydroxyl groups excluding tert-OH is 1. The number of hydrogen-bond acceptors (Lipinski definition) is 5. The van der Waals surface area contributed by atoms with Crippen LogP contribution < -0.4 is 0 Å². The fourth-order valence-electron chi connectivity index (χ4n) is 3.69. The molecule has 2 aliphatic carbocycles. The van der Waals surface area contributed by atoms with Crippen molar-refractivity contribution < 1.29 is 24.2 Å². The Kier molecular flexibility index (Phi) is 3.90. The Labute approximate surface area is 106 Å². The van der Waals surface area contributed by atoms with Crippen LogP contribution >= 0.6 is 0 Å². The number of rotatable bonds is 2. The van der Waals surface area contributed by atoms with Gasteiger partial charge in [-0.2, -0.15) is 0 Å². The van der Waals surface area contributed by atoms with E-state index in [2.05, 4.69) is 0 Å². The minimum atomic E-state index is -0.572. The zero-order valence-electron chi connectivity index (χ0n) is 10.8. The number of hydrogen-bond donors (Lipinski definition) is 1. The molecule has 0 aromatic rings. The van der Waals surface area contributed by atoms with Gasteiger partial charge in [0, 0.05) is 0 Å². The molecule has 0 spiro atoms. The van der Waals surface area contributed by atoms with E-state index >= 15 is 0 Å². The highest BCUT2D eigenvalue weighted by Crippen LogP contribution is 2.48. The first-order valence-corrected chi connectivity index (χ1v) is 6.43. The Morgan fingerprint density at radius 1 is 1.06 bits per heavy atom. The molecule has 0 heterocycles. The third-order valence-electron chi connectivity index (χ3n) is 4.49. The van der Waals surface area contributed by atoms with Gasteiger partial charge in [-0.1, -0.05) is 6.42 Å². The third kappa shape index (κ3) is 2.11. The van der Waals surface area contributed by atoms with E-state index in [1.165, 1.54) is 14.2 Å². The molecule has 1 N–H and O–H groups in total. The van der Waals surface area contributed by atoms with E-state index in [1.54, 1.807) is 0 Å². The predicted molar refractivity (Wildman–Crippen MR) is 62.5 cm³/mol. The molecule has 102 valence electrons. The highest BCUT2D eigenvalue weighted by Gasteiger charge is 2.52. The van der Waals surface area contributed by atoms with Gasteiger partial charge in [0.25, 0.3) is 0 Å². The van der Waals surface area contributed by atoms with Gasteiger partial charge in [0.1, 0.15) is 0 Å². The van der Waals surface area contributed by atoms with Crippen LogP contribution in [0.15, 0.2) is 0 Å². The first kappa shape index (κ1) is 13.3. The summed E-state index contributed by atoms with van der Waals surface area (Å²) in [4.78, 5) is 23.7. The van der Waals surface area contributed by atoms with E-state index in [9.17, 15) is 14.7 Å². The van der Waals surface area contributed by atoms with Crippen molar-refractivity contribution >= 4 is 11.9 Å². The second-order valence-electron chi connectivity index (χ2n) is 5.24. The lowest BCUT2D eigenvalue weighted by molar-refractivity contribution is -0.167. The van der Waals surface area contributed by atoms with Gasteiger partial charge in [-0.3, -0.25) is 9.59 Å². The number of ether oxygens (including phenoxy) is 2. The minimum absolute atomic E-state index is 0.0466. The summed E-state index contributed by atoms with van der Waals surface area (Å²) in [6, 6.07) is 0. The zero-order chi connectivity index (χ0) is 13.3. The van der Waals surface area contributed by atoms with E-state index in [0.29, 0.717) is 6.42 Å². The van der Waals surface area contributed by atoms with Crippen molar-refractivity contribution in [1.29, 1.82) is 0 Å². The Morgan fingerprint density at radius 2 is 1.67 bits per heavy atom. The Balaban J connectivity index is 2.27. The molecular formula is C13H20O5. The fourth-order valence-corrected chi connectivity index (χ4v) is 3.69. The minimum Gasteiger partial charge on any atom is -0.469 e. The Bertz CT molecular complexity index is 340. The molecular weight excluding hydrogens is 236 g/mol. The number of carbonyl (C=O) groups excluding carboxylic acids is 2. The van der Waals surface area contributed by atoms with Crippen LogP contribution in [0.4, 0.5) is 0 Å². The SMILES string of the molecule is COC(=O)[C@H]1[C@@H]2CCC[C@@H]2[C@@H](O)C[C@H]1C(=O)OC. The highest BCUT2D eigenvalue weighted by molar-refractivity contribution is 5.82. The van der Waals surface area contributed by atoms with Gasteiger partial charge in [-0.05, 0) is 31.1 Å². The van der Waals surface area contributed by atoms with Crippen molar-refractivity contribution in [3.05, 3.63) is 0 Å². The van der Waals surface area contributed by atoms with E-state index in [-0.39, 0.29) is 17.8 Å². The summed E-state index contributed by atoms with van der Waals surface area (Å²) >= 11 is 0. The summed E-state index contributed by atoms with van der Waals surface area (Å²) in [5.74, 6) is -1.64. The summed E-state index contributed by atoms with van der Waals surface area (Å²) in [6.45, 7) is 0. The maximum atomic E-state index is 11.9. The van der Waals surface area contributed by atoms with E-state index in [1.807, 2.05) is 0 Å². The number of fused-ring (bicyclic) bond motifs is 1. The lowest BCUT2D eigenvalue weighted by Gasteiger charge is -2.39. The van der Waals surface area contributed by atoms with Gasteiger partial charge in [-0.15, -0.1) is 0 Å². The van der Waals surface area contributed by atoms with Crippen molar-refractivity contribution in [2.24, 2.45) is 23.7 Å². The quantitative estimate of drug-likeness (QED) is 0.738. The summed E-state index contributed by atoms with van der Waals surface area (Å²) < 4.78 is 9.58. The molecule has 0 bridgehead atoms. The average molecular weight is 256 g/mol. The third-order valence-corrected chi connectivity index (χ3v) is 4.49. The van der Waals surface area contributed by atoms with Crippen LogP contribution in [0.2, 0.25) is 0 Å². The number of carbonyl (C=O) groups is 2. The summed E-state index contributed by atoms with van der Waals surface area (Å²) in [5, 5.41) is 10.1. The summed E-state index contributed by atoms with van der Waals surface area (Å²) in [6.07, 6.45) is 2.58. The highest BCUT2D eigenvalue weighted by atomic mass is 16.5. The fraction of sp³-hybridized carbons (Fsp3) is 0.846. The van der Waals surface area contributed by atoms with E-state index in [4.69, 9.17) is 9.47 Å². The Morgan fingerprint density at radius 3 is 2.28 bits per heavy atom. The van der Waals surface area contributed by atoms with E-state index in [0.717, 1.165) is 19.3 Å². The molecule has 0 unspecified atom stereocenters. The number of aliphatic hydroxyl groups is 1. The van der Waals surface area contributed by atoms with Crippen LogP contribution in [0.1, 0.15) is 25.7 Å². The molecule has 5 atom stereocenters. The topological polar surface area (TPSA) is 72.8 Å². The molecule has 2 fully saturated rings. The predicted octanol–water partition coefficient (Wildman–Crippen LogP) is 0.746. The molecule has 0 aromatic heterocycles. The average Bonchev–Trinajstić information content (AvgIpc) is 2.86. The van der Waals surface area contributed by atoms with Crippen LogP contribution in [-0.2, 0) is 19.1 Å². The van der Waals surface area contributed by atoms with Gasteiger partial charge in [0.2, 0.25) is 0 Å². The van der Waals surface area contributed by atoms with Gasteiger partial charge in [0.15, 0.2) is 0 Å². The van der Waals surface area contributed by atoms with Crippen molar-refractivity contribution in [3.63, 3.8) is 0 Å². The molecule has 5 nitrogen and oxygen atoms in total. The Hall–Kier alpha value is -1.10. The molecule has 18 heavy (non-hydrogen) atoms. The van der Waals surface area contributed by atoms with Crippen molar-refractivity contribution in [3.8, 4) is 0 Å². The first-order valence-electron chi connectivity index (χ1n) is 6.43. The molecule has 0 radical (unpaired) electrons. The number of esters is 2. The molecule has 5 heteroatoms. The van der Waals surface area contributed by atoms with Gasteiger partial charge in [-0.25, -0.2) is 0 Å². The smallest absolute Gasteiger partial charge is 0.309 e. The van der Waals surface area contributed by atoms with Crippen molar-refractivity contribution in [1.82, 2.24) is 0 Å². The summed E-state index contributed by atoms with van der Waals surface area (Å²) in [5.41, 5.74) is 0. The first-order chi connectivity index (χ1) is 8.60. The van der Waals surface area contributed by atoms with Crippen molar-refractivity contribution in [2.75, 3.05) is 14.2 Å². The molecule has 0 aromatic carbocycles. The maximum Gasteiger partial charge on any atom is 0.309 e. The van der Waals surface area contributed by atoms with Crippen LogP contribution in [-0.4, -0.2) is 37.4 Å². The van der Waals surface area contributed by atoms with Gasteiger partial charge >= 0.3 is 11.9 Å². The van der Waals surface area contributed by atoms with Crippen molar-refractivity contribution in [2.45, 2.75) is 31.8 Å². The lowest BCUT2D eigenvalue weighted by atomic mass is 9.66. The van der Waals surface area contributed by atoms with Crippen LogP contribution in [0.25, 0.3) is 0 Å². The maximum absolute atomic E-state index is 11.9. The lowest BCUT2D eigenvalue weighted by Crippen LogP contribution is -2.47. The van der Waals surface area contributed by atoms with Crippen LogP contribution in [0.5, 0.6) is 0 Å². The van der Waals surface area contributed by atoms with E-state index < -0.39 is 23.9 Å². The molecule has 2 rings (SSSR count). The van der Waals surface area contributed by atoms with Gasteiger partial charge in [0.05, 0.1) is 32.2 Å². The molecule has 2 aliphatic rings. The van der Waals surface area contributed by atoms with Gasteiger partial charge < -0.3 is 14.6 Å². The monoisotopic (exact) mass is 256 g/mol. The second-order valence-corrected chi connectivity index (χ2v) is 5.24. The molecule has 2 saturated carbocycles.